The highest BCUT2D eigenvalue weighted by atomic mass is 19.2. The molecule has 0 aliphatic heterocycles. The van der Waals surface area contributed by atoms with Crippen molar-refractivity contribution in [1.82, 2.24) is 0 Å². The standard InChI is InChI=1S/C14H5F3/c15-10-3-4-11-8(5-10)1-2-9-6-13(16)14(17)7-12(9)11/h1-2,4-5,7H. The predicted octanol–water partition coefficient (Wildman–Crippen LogP) is 4.01. The first-order valence-electron chi connectivity index (χ1n) is 4.96. The molecule has 0 unspecified atom stereocenters. The maximum Gasteiger partial charge on any atom is 0.167 e. The number of fused-ring (bicyclic) bond motifs is 3. The highest BCUT2D eigenvalue weighted by Crippen LogP contribution is 2.27. The predicted molar refractivity (Wildman–Crippen MR) is 59.0 cm³/mol. The van der Waals surface area contributed by atoms with E-state index in [2.05, 4.69) is 12.1 Å². The van der Waals surface area contributed by atoms with Crippen LogP contribution >= 0.6 is 0 Å². The quantitative estimate of drug-likeness (QED) is 0.512. The van der Waals surface area contributed by atoms with E-state index < -0.39 is 17.5 Å². The highest BCUT2D eigenvalue weighted by molar-refractivity contribution is 6.07. The maximum atomic E-state index is 13.2. The van der Waals surface area contributed by atoms with Crippen LogP contribution in [0.2, 0.25) is 0 Å². The zero-order chi connectivity index (χ0) is 12.0. The summed E-state index contributed by atoms with van der Waals surface area (Å²) in [5, 5.41) is 2.20. The van der Waals surface area contributed by atoms with E-state index in [1.54, 1.807) is 12.1 Å². The summed E-state index contributed by atoms with van der Waals surface area (Å²) in [6.45, 7) is 0. The van der Waals surface area contributed by atoms with Gasteiger partial charge in [-0.3, -0.25) is 0 Å². The Bertz CT molecular complexity index is 732. The van der Waals surface area contributed by atoms with E-state index in [1.807, 2.05) is 0 Å². The monoisotopic (exact) mass is 230 g/mol. The third-order valence-corrected chi connectivity index (χ3v) is 2.68. The van der Waals surface area contributed by atoms with Crippen LogP contribution < -0.4 is 0 Å². The van der Waals surface area contributed by atoms with Crippen molar-refractivity contribution in [2.24, 2.45) is 0 Å². The first-order chi connectivity index (χ1) is 8.15. The number of rotatable bonds is 0. The average molecular weight is 230 g/mol. The van der Waals surface area contributed by atoms with Gasteiger partial charge in [-0.15, -0.1) is 0 Å². The average Bonchev–Trinajstić information content (AvgIpc) is 2.30. The summed E-state index contributed by atoms with van der Waals surface area (Å²) in [4.78, 5) is 0. The highest BCUT2D eigenvalue weighted by Gasteiger charge is 2.07. The number of hydrogen-bond donors (Lipinski definition) is 0. The lowest BCUT2D eigenvalue weighted by Gasteiger charge is -2.04. The van der Waals surface area contributed by atoms with Crippen LogP contribution in [0.1, 0.15) is 0 Å². The molecule has 0 amide bonds. The van der Waals surface area contributed by atoms with E-state index in [0.29, 0.717) is 21.5 Å². The molecule has 3 aromatic rings. The molecule has 82 valence electrons. The Hall–Kier alpha value is -2.03. The lowest BCUT2D eigenvalue weighted by molar-refractivity contribution is 0.509. The van der Waals surface area contributed by atoms with Crippen molar-refractivity contribution in [3.63, 3.8) is 0 Å². The molecule has 0 saturated carbocycles. The minimum Gasteiger partial charge on any atom is -0.206 e. The van der Waals surface area contributed by atoms with Crippen molar-refractivity contribution in [3.05, 3.63) is 59.9 Å². The second-order valence-electron chi connectivity index (χ2n) is 3.74. The van der Waals surface area contributed by atoms with Gasteiger partial charge in [0.2, 0.25) is 0 Å². The van der Waals surface area contributed by atoms with Gasteiger partial charge in [0.05, 0.1) is 0 Å². The smallest absolute Gasteiger partial charge is 0.167 e. The van der Waals surface area contributed by atoms with Crippen LogP contribution in [-0.4, -0.2) is 0 Å². The molecule has 2 radical (unpaired) electrons. The Labute approximate surface area is 95.3 Å². The molecule has 3 rings (SSSR count). The van der Waals surface area contributed by atoms with Crippen molar-refractivity contribution in [1.29, 1.82) is 0 Å². The molecule has 0 nitrogen and oxygen atoms in total. The van der Waals surface area contributed by atoms with Gasteiger partial charge in [-0.2, -0.15) is 0 Å². The van der Waals surface area contributed by atoms with Crippen molar-refractivity contribution in [2.75, 3.05) is 0 Å². The van der Waals surface area contributed by atoms with Gasteiger partial charge in [-0.25, -0.2) is 13.2 Å². The fourth-order valence-electron chi connectivity index (χ4n) is 1.89. The number of halogens is 3. The minimum absolute atomic E-state index is 0.455. The van der Waals surface area contributed by atoms with Gasteiger partial charge in [0.15, 0.2) is 11.6 Å². The van der Waals surface area contributed by atoms with Crippen LogP contribution in [0, 0.1) is 29.6 Å². The topological polar surface area (TPSA) is 0 Å². The fourth-order valence-corrected chi connectivity index (χ4v) is 1.89. The second kappa shape index (κ2) is 3.48. The van der Waals surface area contributed by atoms with Crippen LogP contribution in [0.3, 0.4) is 0 Å². The SMILES string of the molecule is Fc1[c]cc2c(ccc3[c]c(F)c(F)cc32)c1. The summed E-state index contributed by atoms with van der Waals surface area (Å²) in [6, 6.07) is 11.8. The van der Waals surface area contributed by atoms with Gasteiger partial charge in [0, 0.05) is 12.1 Å². The Balaban J connectivity index is 2.50. The molecule has 0 saturated heterocycles. The molecule has 3 aromatic carbocycles. The van der Waals surface area contributed by atoms with Crippen LogP contribution in [0.15, 0.2) is 30.3 Å². The molecule has 0 aliphatic carbocycles. The van der Waals surface area contributed by atoms with E-state index in [0.717, 1.165) is 6.07 Å². The molecule has 0 bridgehead atoms. The Kier molecular flexibility index (Phi) is 2.08. The zero-order valence-corrected chi connectivity index (χ0v) is 8.52. The van der Waals surface area contributed by atoms with Gasteiger partial charge >= 0.3 is 0 Å². The van der Waals surface area contributed by atoms with E-state index in [9.17, 15) is 13.2 Å². The van der Waals surface area contributed by atoms with Gasteiger partial charge < -0.3 is 0 Å². The van der Waals surface area contributed by atoms with E-state index in [-0.39, 0.29) is 0 Å². The van der Waals surface area contributed by atoms with Crippen LogP contribution in [0.25, 0.3) is 21.5 Å². The molecule has 0 spiro atoms. The minimum atomic E-state index is -1.01. The van der Waals surface area contributed by atoms with E-state index >= 15 is 0 Å². The molecule has 3 heteroatoms. The molecule has 0 aliphatic rings. The summed E-state index contributed by atoms with van der Waals surface area (Å²) in [5.74, 6) is -2.46. The normalized spacial score (nSPS) is 11.2. The molecule has 0 aromatic heterocycles. The fraction of sp³-hybridized carbons (Fsp3) is 0. The summed E-state index contributed by atoms with van der Waals surface area (Å²) in [7, 11) is 0. The van der Waals surface area contributed by atoms with Crippen molar-refractivity contribution in [3.8, 4) is 0 Å². The first kappa shape index (κ1) is 10.1. The summed E-state index contributed by atoms with van der Waals surface area (Å²) in [6.07, 6.45) is 0. The Morgan fingerprint density at radius 2 is 1.76 bits per heavy atom. The second-order valence-corrected chi connectivity index (χ2v) is 3.74. The molecular formula is C14H5F3. The van der Waals surface area contributed by atoms with Crippen LogP contribution in [0.4, 0.5) is 13.2 Å². The maximum absolute atomic E-state index is 13.2. The third kappa shape index (κ3) is 1.55. The largest absolute Gasteiger partial charge is 0.206 e. The number of benzene rings is 3. The summed E-state index contributed by atoms with van der Waals surface area (Å²) < 4.78 is 39.2. The van der Waals surface area contributed by atoms with E-state index in [4.69, 9.17) is 0 Å². The first-order valence-corrected chi connectivity index (χ1v) is 4.96. The zero-order valence-electron chi connectivity index (χ0n) is 8.52. The Morgan fingerprint density at radius 1 is 0.941 bits per heavy atom. The lowest BCUT2D eigenvalue weighted by atomic mass is 10.0. The summed E-state index contributed by atoms with van der Waals surface area (Å²) in [5.41, 5.74) is 0. The lowest BCUT2D eigenvalue weighted by Crippen LogP contribution is -1.86. The van der Waals surface area contributed by atoms with Gasteiger partial charge in [0.1, 0.15) is 5.82 Å². The van der Waals surface area contributed by atoms with Gasteiger partial charge in [-0.1, -0.05) is 12.1 Å². The van der Waals surface area contributed by atoms with Gasteiger partial charge in [0.25, 0.3) is 0 Å². The molecule has 0 N–H and O–H groups in total. The van der Waals surface area contributed by atoms with Crippen molar-refractivity contribution >= 4 is 21.5 Å². The van der Waals surface area contributed by atoms with Crippen LogP contribution in [0.5, 0.6) is 0 Å². The molecule has 17 heavy (non-hydrogen) atoms. The molecule has 0 heterocycles. The van der Waals surface area contributed by atoms with Crippen molar-refractivity contribution in [2.45, 2.75) is 0 Å². The molecule has 0 atom stereocenters. The summed E-state index contributed by atoms with van der Waals surface area (Å²) >= 11 is 0. The van der Waals surface area contributed by atoms with E-state index in [1.165, 1.54) is 12.1 Å². The van der Waals surface area contributed by atoms with Crippen LogP contribution in [-0.2, 0) is 0 Å². The van der Waals surface area contributed by atoms with Gasteiger partial charge in [-0.05, 0) is 39.7 Å². The third-order valence-electron chi connectivity index (χ3n) is 2.68. The Morgan fingerprint density at radius 3 is 2.59 bits per heavy atom. The number of hydrogen-bond acceptors (Lipinski definition) is 0. The molecule has 0 fully saturated rings. The van der Waals surface area contributed by atoms with Crippen molar-refractivity contribution < 1.29 is 13.2 Å². The molecular weight excluding hydrogens is 225 g/mol.